The Hall–Kier alpha value is -0.550. The Morgan fingerprint density at radius 1 is 1.33 bits per heavy atom. The lowest BCUT2D eigenvalue weighted by atomic mass is 10.2. The molecular weight excluding hydrogens is 290 g/mol. The van der Waals surface area contributed by atoms with Gasteiger partial charge in [-0.05, 0) is 44.0 Å². The summed E-state index contributed by atoms with van der Waals surface area (Å²) in [6, 6.07) is 2.99. The van der Waals surface area contributed by atoms with E-state index in [0.717, 1.165) is 0 Å². The quantitative estimate of drug-likeness (QED) is 0.782. The molecule has 0 aliphatic rings. The fourth-order valence-electron chi connectivity index (χ4n) is 0.730. The minimum absolute atomic E-state index is 0.191. The van der Waals surface area contributed by atoms with Crippen molar-refractivity contribution in [3.05, 3.63) is 26.6 Å². The third-order valence-electron chi connectivity index (χ3n) is 1.34. The Balaban J connectivity index is 3.36. The number of hydrogen-bond acceptors (Lipinski definition) is 2. The van der Waals surface area contributed by atoms with Gasteiger partial charge in [-0.2, -0.15) is 0 Å². The number of carboxylic acid groups (broad SMARTS) is 1. The lowest BCUT2D eigenvalue weighted by Crippen LogP contribution is -1.99. The van der Waals surface area contributed by atoms with E-state index in [9.17, 15) is 4.79 Å². The zero-order valence-corrected chi connectivity index (χ0v) is 9.02. The molecule has 1 rings (SSSR count). The van der Waals surface area contributed by atoms with E-state index in [1.54, 1.807) is 0 Å². The van der Waals surface area contributed by atoms with Crippen LogP contribution in [0.3, 0.4) is 0 Å². The van der Waals surface area contributed by atoms with Crippen LogP contribution < -0.4 is 5.73 Å². The molecule has 5 heteroatoms. The lowest BCUT2D eigenvalue weighted by Gasteiger charge is -2.03. The number of carboxylic acids is 1. The zero-order chi connectivity index (χ0) is 9.30. The predicted molar refractivity (Wildman–Crippen MR) is 53.2 cm³/mol. The summed E-state index contributed by atoms with van der Waals surface area (Å²) in [7, 11) is 0. The van der Waals surface area contributed by atoms with Gasteiger partial charge < -0.3 is 10.8 Å². The summed E-state index contributed by atoms with van der Waals surface area (Å²) in [5.74, 6) is -0.984. The van der Waals surface area contributed by atoms with Gasteiger partial charge in [0.1, 0.15) is 0 Å². The number of aromatic carboxylic acids is 1. The smallest absolute Gasteiger partial charge is 0.336 e. The number of benzene rings is 1. The van der Waals surface area contributed by atoms with Gasteiger partial charge in [-0.3, -0.25) is 0 Å². The molecule has 0 saturated carbocycles. The van der Waals surface area contributed by atoms with Crippen molar-refractivity contribution in [1.29, 1.82) is 0 Å². The number of rotatable bonds is 1. The van der Waals surface area contributed by atoms with E-state index in [1.807, 2.05) is 0 Å². The highest BCUT2D eigenvalue weighted by Crippen LogP contribution is 2.31. The average Bonchev–Trinajstić information content (AvgIpc) is 2.00. The molecule has 0 unspecified atom stereocenters. The molecule has 12 heavy (non-hydrogen) atoms. The van der Waals surface area contributed by atoms with Gasteiger partial charge in [0.2, 0.25) is 0 Å². The Morgan fingerprint density at radius 3 is 2.42 bits per heavy atom. The summed E-state index contributed by atoms with van der Waals surface area (Å²) in [5, 5.41) is 8.69. The van der Waals surface area contributed by atoms with Crippen molar-refractivity contribution in [3.8, 4) is 0 Å². The van der Waals surface area contributed by atoms with Gasteiger partial charge in [0.25, 0.3) is 0 Å². The fraction of sp³-hybridized carbons (Fsp3) is 0. The fourth-order valence-corrected chi connectivity index (χ4v) is 1.61. The molecule has 64 valence electrons. The van der Waals surface area contributed by atoms with Crippen molar-refractivity contribution in [3.63, 3.8) is 0 Å². The first kappa shape index (κ1) is 9.54. The van der Waals surface area contributed by atoms with Crippen LogP contribution in [-0.4, -0.2) is 11.1 Å². The monoisotopic (exact) mass is 293 g/mol. The summed E-state index contributed by atoms with van der Waals surface area (Å²) >= 11 is 6.29. The maximum atomic E-state index is 10.6. The number of nitrogens with two attached hydrogens (primary N) is 1. The van der Waals surface area contributed by atoms with Gasteiger partial charge in [0, 0.05) is 10.2 Å². The Labute approximate surface area is 85.8 Å². The topological polar surface area (TPSA) is 63.3 Å². The highest BCUT2D eigenvalue weighted by molar-refractivity contribution is 9.13. The van der Waals surface area contributed by atoms with Gasteiger partial charge >= 0.3 is 5.97 Å². The molecule has 0 atom stereocenters. The summed E-state index contributed by atoms with van der Waals surface area (Å²) < 4.78 is 1.04. The van der Waals surface area contributed by atoms with E-state index in [4.69, 9.17) is 10.8 Å². The molecule has 0 aliphatic carbocycles. The van der Waals surface area contributed by atoms with Crippen LogP contribution in [0.5, 0.6) is 0 Å². The van der Waals surface area contributed by atoms with Crippen LogP contribution in [0, 0.1) is 0 Å². The zero-order valence-electron chi connectivity index (χ0n) is 5.84. The largest absolute Gasteiger partial charge is 0.478 e. The van der Waals surface area contributed by atoms with Crippen molar-refractivity contribution in [1.82, 2.24) is 0 Å². The maximum Gasteiger partial charge on any atom is 0.336 e. The number of anilines is 1. The van der Waals surface area contributed by atoms with Crippen LogP contribution in [0.4, 0.5) is 5.69 Å². The first-order valence-electron chi connectivity index (χ1n) is 3.01. The van der Waals surface area contributed by atoms with E-state index in [1.165, 1.54) is 12.1 Å². The van der Waals surface area contributed by atoms with E-state index >= 15 is 0 Å². The summed E-state index contributed by atoms with van der Waals surface area (Å²) in [5.41, 5.74) is 6.22. The van der Waals surface area contributed by atoms with E-state index in [2.05, 4.69) is 31.9 Å². The second kappa shape index (κ2) is 3.45. The Bertz CT molecular complexity index is 338. The minimum Gasteiger partial charge on any atom is -0.478 e. The number of hydrogen-bond donors (Lipinski definition) is 2. The van der Waals surface area contributed by atoms with E-state index in [-0.39, 0.29) is 5.56 Å². The second-order valence-corrected chi connectivity index (χ2v) is 3.72. The molecule has 0 aromatic heterocycles. The summed E-state index contributed by atoms with van der Waals surface area (Å²) in [6.45, 7) is 0. The van der Waals surface area contributed by atoms with Gasteiger partial charge in [-0.1, -0.05) is 0 Å². The summed E-state index contributed by atoms with van der Waals surface area (Å²) in [6.07, 6.45) is 0. The molecule has 0 heterocycles. The molecule has 1 aromatic rings. The van der Waals surface area contributed by atoms with Crippen LogP contribution in [0.15, 0.2) is 21.1 Å². The Morgan fingerprint density at radius 2 is 1.92 bits per heavy atom. The number of halogens is 2. The summed E-state index contributed by atoms with van der Waals surface area (Å²) in [4.78, 5) is 10.6. The first-order valence-corrected chi connectivity index (χ1v) is 4.59. The van der Waals surface area contributed by atoms with Crippen LogP contribution in [-0.2, 0) is 0 Å². The molecule has 0 bridgehead atoms. The molecule has 3 N–H and O–H groups in total. The third-order valence-corrected chi connectivity index (χ3v) is 3.55. The second-order valence-electron chi connectivity index (χ2n) is 2.14. The van der Waals surface area contributed by atoms with Crippen molar-refractivity contribution in [2.75, 3.05) is 5.73 Å². The molecule has 0 spiro atoms. The molecule has 0 saturated heterocycles. The van der Waals surface area contributed by atoms with Crippen molar-refractivity contribution in [2.24, 2.45) is 0 Å². The van der Waals surface area contributed by atoms with Crippen molar-refractivity contribution < 1.29 is 9.90 Å². The number of nitrogen functional groups attached to an aromatic ring is 1. The molecule has 0 aliphatic heterocycles. The predicted octanol–water partition coefficient (Wildman–Crippen LogP) is 2.49. The molecule has 0 amide bonds. The van der Waals surface area contributed by atoms with Crippen molar-refractivity contribution in [2.45, 2.75) is 0 Å². The van der Waals surface area contributed by atoms with E-state index < -0.39 is 5.97 Å². The highest BCUT2D eigenvalue weighted by atomic mass is 79.9. The van der Waals surface area contributed by atoms with Gasteiger partial charge in [0.05, 0.1) is 10.0 Å². The van der Waals surface area contributed by atoms with E-state index in [0.29, 0.717) is 14.6 Å². The van der Waals surface area contributed by atoms with Crippen molar-refractivity contribution >= 4 is 43.5 Å². The first-order chi connectivity index (χ1) is 5.54. The van der Waals surface area contributed by atoms with Crippen LogP contribution in [0.2, 0.25) is 0 Å². The molecule has 1 aromatic carbocycles. The van der Waals surface area contributed by atoms with Gasteiger partial charge in [0.15, 0.2) is 0 Å². The lowest BCUT2D eigenvalue weighted by molar-refractivity contribution is 0.0696. The molecule has 0 radical (unpaired) electrons. The van der Waals surface area contributed by atoms with Crippen LogP contribution >= 0.6 is 31.9 Å². The molecule has 3 nitrogen and oxygen atoms in total. The van der Waals surface area contributed by atoms with Crippen LogP contribution in [0.1, 0.15) is 10.4 Å². The van der Waals surface area contributed by atoms with Crippen LogP contribution in [0.25, 0.3) is 0 Å². The standard InChI is InChI=1S/C7H5Br2NO2/c8-5-3(7(11)12)1-2-4(10)6(5)9/h1-2H,10H2,(H,11,12). The SMILES string of the molecule is Nc1ccc(C(=O)O)c(Br)c1Br. The van der Waals surface area contributed by atoms with Gasteiger partial charge in [-0.25, -0.2) is 4.79 Å². The molecular formula is C7H5Br2NO2. The third kappa shape index (κ3) is 1.61. The van der Waals surface area contributed by atoms with Gasteiger partial charge in [-0.15, -0.1) is 0 Å². The Kier molecular flexibility index (Phi) is 2.74. The normalized spacial score (nSPS) is 9.83. The number of carbonyl (C=O) groups is 1. The maximum absolute atomic E-state index is 10.6. The average molecular weight is 295 g/mol. The minimum atomic E-state index is -0.984. The highest BCUT2D eigenvalue weighted by Gasteiger charge is 2.11. The molecule has 0 fully saturated rings.